The van der Waals surface area contributed by atoms with Gasteiger partial charge in [0.2, 0.25) is 0 Å². The summed E-state index contributed by atoms with van der Waals surface area (Å²) in [7, 11) is 1.47. The minimum atomic E-state index is -0.602. The molecule has 58 valence electrons. The quantitative estimate of drug-likeness (QED) is 0.484. The zero-order valence-corrected chi connectivity index (χ0v) is 5.74. The van der Waals surface area contributed by atoms with Crippen molar-refractivity contribution in [3.63, 3.8) is 0 Å². The van der Waals surface area contributed by atoms with Crippen molar-refractivity contribution in [1.82, 2.24) is 14.7 Å². The number of aromatic nitrogens is 2. The van der Waals surface area contributed by atoms with Crippen molar-refractivity contribution in [2.24, 2.45) is 7.05 Å². The molecule has 0 aliphatic rings. The molecule has 11 heavy (non-hydrogen) atoms. The van der Waals surface area contributed by atoms with Crippen LogP contribution in [0.25, 0.3) is 0 Å². The van der Waals surface area contributed by atoms with Gasteiger partial charge in [0.1, 0.15) is 13.1 Å². The maximum Gasteiger partial charge on any atom is 0.320 e. The van der Waals surface area contributed by atoms with E-state index < -0.39 is 4.90 Å². The molecular weight excluding hydrogens is 148 g/mol. The topological polar surface area (TPSA) is 93.6 Å². The summed E-state index contributed by atoms with van der Waals surface area (Å²) in [5, 5.41) is 31.5. The molecule has 6 heteroatoms. The fourth-order valence-electron chi connectivity index (χ4n) is 0.771. The van der Waals surface area contributed by atoms with Gasteiger partial charge in [0.05, 0.1) is 6.20 Å². The molecule has 1 aromatic rings. The summed E-state index contributed by atoms with van der Waals surface area (Å²) in [6.45, 7) is 0. The molecule has 0 unspecified atom stereocenters. The number of aromatic amines is 1. The first kappa shape index (κ1) is 7.21. The van der Waals surface area contributed by atoms with Crippen molar-refractivity contribution in [3.8, 4) is 6.07 Å². The van der Waals surface area contributed by atoms with Crippen molar-refractivity contribution in [2.75, 3.05) is 0 Å². The molecule has 0 saturated heterocycles. The number of nitriles is 1. The molecule has 0 radical (unpaired) electrons. The average Bonchev–Trinajstić information content (AvgIpc) is 2.30. The van der Waals surface area contributed by atoms with Crippen LogP contribution in [0, 0.1) is 21.7 Å². The van der Waals surface area contributed by atoms with Crippen molar-refractivity contribution in [1.29, 1.82) is 5.26 Å². The number of aryl methyl sites for hydroxylation is 1. The highest BCUT2D eigenvalue weighted by Gasteiger charge is 2.04. The van der Waals surface area contributed by atoms with Crippen LogP contribution in [0.2, 0.25) is 0 Å². The average molecular weight is 153 g/mol. The maximum atomic E-state index is 10.3. The first-order valence-electron chi connectivity index (χ1n) is 2.78. The van der Waals surface area contributed by atoms with Crippen LogP contribution >= 0.6 is 0 Å². The molecule has 1 rings (SSSR count). The Kier molecular flexibility index (Phi) is 1.56. The van der Waals surface area contributed by atoms with Gasteiger partial charge in [0, 0.05) is 0 Å². The van der Waals surface area contributed by atoms with Crippen molar-refractivity contribution >= 4 is 0 Å². The van der Waals surface area contributed by atoms with E-state index in [-0.39, 0.29) is 11.1 Å². The highest BCUT2D eigenvalue weighted by molar-refractivity contribution is 5.21. The number of nitrogens with one attached hydrogen (secondary N) is 1. The van der Waals surface area contributed by atoms with E-state index in [0.29, 0.717) is 0 Å². The lowest BCUT2D eigenvalue weighted by Crippen LogP contribution is -2.28. The van der Waals surface area contributed by atoms with Crippen LogP contribution in [0.1, 0.15) is 5.56 Å². The number of hydrogen-bond acceptors (Lipinski definition) is 3. The molecule has 1 N–H and O–H groups in total. The fraction of sp³-hybridized carbons (Fsp3) is 0.200. The molecule has 0 fully saturated rings. The summed E-state index contributed by atoms with van der Waals surface area (Å²) in [6, 6.07) is 1.70. The molecule has 0 aliphatic carbocycles. The second kappa shape index (κ2) is 2.38. The van der Waals surface area contributed by atoms with E-state index in [2.05, 4.69) is 5.10 Å². The van der Waals surface area contributed by atoms with Gasteiger partial charge in [0.25, 0.3) is 0 Å². The lowest BCUT2D eigenvalue weighted by atomic mass is 10.4. The van der Waals surface area contributed by atoms with Crippen LogP contribution in [-0.2, 0) is 7.05 Å². The first-order chi connectivity index (χ1) is 5.16. The molecule has 0 aliphatic heterocycles. The van der Waals surface area contributed by atoms with Crippen LogP contribution in [0.4, 0.5) is 0 Å². The van der Waals surface area contributed by atoms with Crippen LogP contribution in [0.5, 0.6) is 0 Å². The van der Waals surface area contributed by atoms with E-state index in [1.165, 1.54) is 17.9 Å². The highest BCUT2D eigenvalue weighted by atomic mass is 16.8. The fourth-order valence-corrected chi connectivity index (χ4v) is 0.771. The minimum absolute atomic E-state index is 0.0394. The zero-order chi connectivity index (χ0) is 8.43. The van der Waals surface area contributed by atoms with Crippen LogP contribution in [0.3, 0.4) is 0 Å². The van der Waals surface area contributed by atoms with Gasteiger partial charge in [0.15, 0.2) is 5.56 Å². The Labute approximate surface area is 61.8 Å². The molecule has 0 saturated carbocycles. The third kappa shape index (κ3) is 1.03. The molecule has 0 bridgehead atoms. The van der Waals surface area contributed by atoms with Crippen LogP contribution < -0.4 is 10.4 Å². The van der Waals surface area contributed by atoms with Gasteiger partial charge in [-0.05, 0) is 0 Å². The molecule has 0 atom stereocenters. The summed E-state index contributed by atoms with van der Waals surface area (Å²) in [5.74, 6) is 0. The number of rotatable bonds is 0. The van der Waals surface area contributed by atoms with E-state index in [9.17, 15) is 10.4 Å². The standard InChI is InChI=1S/C5H5N4O2/c1-8-5(9(10)11)4(2-6)3-7-8/h3,7H,1H3/q-1. The van der Waals surface area contributed by atoms with Crippen molar-refractivity contribution < 1.29 is 0 Å². The van der Waals surface area contributed by atoms with Crippen molar-refractivity contribution in [3.05, 3.63) is 27.7 Å². The summed E-state index contributed by atoms with van der Waals surface area (Å²) in [4.78, 5) is -0.602. The van der Waals surface area contributed by atoms with Gasteiger partial charge < -0.3 is 10.4 Å². The van der Waals surface area contributed by atoms with Gasteiger partial charge in [-0.2, -0.15) is 9.94 Å². The Bertz CT molecular complexity index is 363. The summed E-state index contributed by atoms with van der Waals surface area (Å²) < 4.78 is 1.18. The molecular formula is C5H5N4O2-. The highest BCUT2D eigenvalue weighted by Crippen LogP contribution is 1.82. The largest absolute Gasteiger partial charge is 0.712 e. The minimum Gasteiger partial charge on any atom is -0.712 e. The SMILES string of the molecule is Cn1[nH]cc(C#N)c1=[N+]([O-])[O-]. The number of H-pyrrole nitrogens is 1. The normalized spacial score (nSPS) is 9.09. The van der Waals surface area contributed by atoms with Gasteiger partial charge in [-0.1, -0.05) is 0 Å². The van der Waals surface area contributed by atoms with Gasteiger partial charge in [-0.15, -0.1) is 0 Å². The summed E-state index contributed by atoms with van der Waals surface area (Å²) >= 11 is 0. The molecule has 1 heterocycles. The Morgan fingerprint density at radius 3 is 2.73 bits per heavy atom. The van der Waals surface area contributed by atoms with E-state index >= 15 is 0 Å². The van der Waals surface area contributed by atoms with Gasteiger partial charge in [-0.25, -0.2) is 5.10 Å². The van der Waals surface area contributed by atoms with E-state index in [1.54, 1.807) is 6.07 Å². The third-order valence-electron chi connectivity index (χ3n) is 1.25. The van der Waals surface area contributed by atoms with E-state index in [1.807, 2.05) is 0 Å². The lowest BCUT2D eigenvalue weighted by molar-refractivity contribution is 0.686. The monoisotopic (exact) mass is 153 g/mol. The first-order valence-corrected chi connectivity index (χ1v) is 2.78. The summed E-state index contributed by atoms with van der Waals surface area (Å²) in [6.07, 6.45) is 1.29. The van der Waals surface area contributed by atoms with Crippen LogP contribution in [0.15, 0.2) is 6.20 Å². The van der Waals surface area contributed by atoms with Gasteiger partial charge in [-0.3, -0.25) is 4.90 Å². The predicted octanol–water partition coefficient (Wildman–Crippen LogP) is -1.01. The number of nitrogens with zero attached hydrogens (tertiary/aromatic N) is 3. The van der Waals surface area contributed by atoms with E-state index in [0.717, 1.165) is 0 Å². The molecule has 6 nitrogen and oxygen atoms in total. The van der Waals surface area contributed by atoms with Crippen LogP contribution in [-0.4, -0.2) is 9.78 Å². The maximum absolute atomic E-state index is 10.3. The Hall–Kier alpha value is -1.90. The number of hydrogen-bond donors (Lipinski definition) is 1. The zero-order valence-electron chi connectivity index (χ0n) is 5.74. The molecule has 0 amide bonds. The molecule has 0 spiro atoms. The smallest absolute Gasteiger partial charge is 0.320 e. The van der Waals surface area contributed by atoms with E-state index in [4.69, 9.17) is 5.26 Å². The Morgan fingerprint density at radius 2 is 2.36 bits per heavy atom. The Morgan fingerprint density at radius 1 is 1.73 bits per heavy atom. The third-order valence-corrected chi connectivity index (χ3v) is 1.25. The van der Waals surface area contributed by atoms with Crippen molar-refractivity contribution in [2.45, 2.75) is 0 Å². The Balaban J connectivity index is 3.59. The summed E-state index contributed by atoms with van der Waals surface area (Å²) in [5.41, 5.74) is -0.176. The lowest BCUT2D eigenvalue weighted by Gasteiger charge is -2.08. The molecule has 0 aromatic carbocycles. The second-order valence-electron chi connectivity index (χ2n) is 1.94. The van der Waals surface area contributed by atoms with Gasteiger partial charge >= 0.3 is 5.49 Å². The predicted molar refractivity (Wildman–Crippen MR) is 36.5 cm³/mol. The second-order valence-corrected chi connectivity index (χ2v) is 1.94. The molecule has 1 aromatic heterocycles.